The second kappa shape index (κ2) is 8.77. The van der Waals surface area contributed by atoms with Gasteiger partial charge in [-0.25, -0.2) is 0 Å². The summed E-state index contributed by atoms with van der Waals surface area (Å²) in [5, 5.41) is 0. The average Bonchev–Trinajstić information content (AvgIpc) is 2.45. The van der Waals surface area contributed by atoms with Crippen LogP contribution >= 0.6 is 0 Å². The first-order chi connectivity index (χ1) is 8.57. The topological polar surface area (TPSA) is 0 Å². The first-order valence-corrected chi connectivity index (χ1v) is 13.1. The molecule has 0 aliphatic heterocycles. The molecule has 0 heterocycles. The van der Waals surface area contributed by atoms with Gasteiger partial charge < -0.3 is 0 Å². The van der Waals surface area contributed by atoms with Gasteiger partial charge in [-0.15, -0.1) is 5.54 Å². The summed E-state index contributed by atoms with van der Waals surface area (Å²) in [6.45, 7) is 14.0. The lowest BCUT2D eigenvalue weighted by molar-refractivity contribution is 1.19. The molecule has 0 aromatic heterocycles. The normalized spacial score (nSPS) is 12.6. The molecule has 0 saturated carbocycles. The molecule has 0 fully saturated rings. The summed E-state index contributed by atoms with van der Waals surface area (Å²) in [7, 11) is -2.35. The molecule has 0 radical (unpaired) electrons. The second-order valence-electron chi connectivity index (χ2n) is 5.37. The predicted molar refractivity (Wildman–Crippen MR) is 91.3 cm³/mol. The fraction of sp³-hybridized carbons (Fsp3) is 0.750. The molecule has 0 bridgehead atoms. The maximum atomic E-state index is 3.65. The minimum atomic E-state index is -1.24. The lowest BCUT2D eigenvalue weighted by Gasteiger charge is -2.23. The van der Waals surface area contributed by atoms with E-state index in [-0.39, 0.29) is 0 Å². The van der Waals surface area contributed by atoms with E-state index in [1.165, 1.54) is 36.3 Å². The first-order valence-electron chi connectivity index (χ1n) is 7.77. The van der Waals surface area contributed by atoms with Crippen LogP contribution in [0.15, 0.2) is 11.8 Å². The van der Waals surface area contributed by atoms with E-state index in [9.17, 15) is 0 Å². The molecule has 0 amide bonds. The van der Waals surface area contributed by atoms with Crippen LogP contribution in [0.3, 0.4) is 0 Å². The van der Waals surface area contributed by atoms with Gasteiger partial charge in [-0.2, -0.15) is 0 Å². The maximum absolute atomic E-state index is 3.65. The number of allylic oxidation sites excluding steroid dienone is 1. The van der Waals surface area contributed by atoms with Gasteiger partial charge in [0.2, 0.25) is 0 Å². The summed E-state index contributed by atoms with van der Waals surface area (Å²) in [4.78, 5) is 0. The van der Waals surface area contributed by atoms with Gasteiger partial charge in [-0.1, -0.05) is 71.3 Å². The van der Waals surface area contributed by atoms with E-state index in [1.807, 2.05) is 0 Å². The van der Waals surface area contributed by atoms with E-state index < -0.39 is 16.1 Å². The van der Waals surface area contributed by atoms with Crippen molar-refractivity contribution in [2.75, 3.05) is 0 Å². The van der Waals surface area contributed by atoms with Crippen LogP contribution in [0.25, 0.3) is 0 Å². The van der Waals surface area contributed by atoms with Crippen LogP contribution < -0.4 is 0 Å². The minimum absolute atomic E-state index is 1.11. The summed E-state index contributed by atoms with van der Waals surface area (Å²) in [5.74, 6) is 3.40. The highest BCUT2D eigenvalue weighted by Crippen LogP contribution is 2.21. The summed E-state index contributed by atoms with van der Waals surface area (Å²) in [6, 6.07) is 7.98. The quantitative estimate of drug-likeness (QED) is 0.418. The Bertz CT molecular complexity index is 282. The third-order valence-corrected chi connectivity index (χ3v) is 14.8. The molecule has 0 unspecified atom stereocenters. The van der Waals surface area contributed by atoms with Crippen LogP contribution in [0.4, 0.5) is 0 Å². The molecule has 18 heavy (non-hydrogen) atoms. The van der Waals surface area contributed by atoms with E-state index in [2.05, 4.69) is 64.8 Å². The Morgan fingerprint density at radius 1 is 0.722 bits per heavy atom. The lowest BCUT2D eigenvalue weighted by atomic mass is 10.7. The maximum Gasteiger partial charge on any atom is 0.138 e. The van der Waals surface area contributed by atoms with Crippen molar-refractivity contribution in [2.24, 2.45) is 0 Å². The second-order valence-corrected chi connectivity index (χ2v) is 15.5. The molecular weight excluding hydrogens is 248 g/mol. The van der Waals surface area contributed by atoms with Crippen molar-refractivity contribution in [3.8, 4) is 11.5 Å². The highest BCUT2D eigenvalue weighted by atomic mass is 28.3. The van der Waals surface area contributed by atoms with Gasteiger partial charge in [-0.05, 0) is 24.2 Å². The number of rotatable bonds is 7. The smallest absolute Gasteiger partial charge is 0.127 e. The first kappa shape index (κ1) is 17.7. The highest BCUT2D eigenvalue weighted by Gasteiger charge is 2.24. The van der Waals surface area contributed by atoms with Crippen LogP contribution in [0.1, 0.15) is 41.5 Å². The van der Waals surface area contributed by atoms with Crippen molar-refractivity contribution in [2.45, 2.75) is 77.8 Å². The van der Waals surface area contributed by atoms with Gasteiger partial charge >= 0.3 is 0 Å². The molecule has 0 N–H and O–H groups in total. The Hall–Kier alpha value is -0.266. The molecule has 0 nitrogen and oxygen atoms in total. The fourth-order valence-corrected chi connectivity index (χ4v) is 7.60. The van der Waals surface area contributed by atoms with Crippen LogP contribution in [-0.4, -0.2) is 16.1 Å². The summed E-state index contributed by atoms with van der Waals surface area (Å²) in [5.41, 5.74) is 6.15. The third-order valence-electron chi connectivity index (χ3n) is 5.00. The molecule has 0 rings (SSSR count). The molecule has 0 aliphatic carbocycles. The Morgan fingerprint density at radius 2 is 1.17 bits per heavy atom. The SMILES string of the molecule is CC[Si](C#C/C=C\[Si](CC)(CC)CC)(CC)CC. The summed E-state index contributed by atoms with van der Waals surface area (Å²) in [6.07, 6.45) is 2.20. The van der Waals surface area contributed by atoms with Crippen molar-refractivity contribution < 1.29 is 0 Å². The molecule has 104 valence electrons. The van der Waals surface area contributed by atoms with E-state index in [0.717, 1.165) is 0 Å². The summed E-state index contributed by atoms with van der Waals surface area (Å²) < 4.78 is 0. The zero-order valence-corrected chi connectivity index (χ0v) is 15.4. The van der Waals surface area contributed by atoms with E-state index in [0.29, 0.717) is 0 Å². The van der Waals surface area contributed by atoms with Gasteiger partial charge in [-0.3, -0.25) is 0 Å². The molecular formula is C16H32Si2. The molecule has 0 aliphatic rings. The standard InChI is InChI=1S/C16H32Si2/c1-7-17(8-2,9-3)15-13-14-16-18(10-4,11-5)12-6/h13,15H,7-12H2,1-6H3/b15-13-. The zero-order valence-electron chi connectivity index (χ0n) is 13.4. The number of hydrogen-bond donors (Lipinski definition) is 0. The largest absolute Gasteiger partial charge is 0.138 e. The molecule has 0 saturated heterocycles. The van der Waals surface area contributed by atoms with Gasteiger partial charge in [0.25, 0.3) is 0 Å². The van der Waals surface area contributed by atoms with Crippen LogP contribution in [0, 0.1) is 11.5 Å². The average molecular weight is 281 g/mol. The Labute approximate surface area is 117 Å². The van der Waals surface area contributed by atoms with Crippen LogP contribution in [0.2, 0.25) is 36.3 Å². The van der Waals surface area contributed by atoms with Crippen LogP contribution in [0.5, 0.6) is 0 Å². The fourth-order valence-electron chi connectivity index (χ4n) is 2.53. The highest BCUT2D eigenvalue weighted by molar-refractivity contribution is 6.87. The third kappa shape index (κ3) is 4.78. The molecule has 0 aromatic rings. The Balaban J connectivity index is 4.84. The monoisotopic (exact) mass is 280 g/mol. The van der Waals surface area contributed by atoms with Gasteiger partial charge in [0.15, 0.2) is 0 Å². The van der Waals surface area contributed by atoms with Gasteiger partial charge in [0.05, 0.1) is 8.07 Å². The molecule has 0 atom stereocenters. The van der Waals surface area contributed by atoms with Crippen LogP contribution in [-0.2, 0) is 0 Å². The minimum Gasteiger partial charge on any atom is -0.127 e. The number of hydrogen-bond acceptors (Lipinski definition) is 0. The predicted octanol–water partition coefficient (Wildman–Crippen LogP) is 5.64. The van der Waals surface area contributed by atoms with Crippen molar-refractivity contribution >= 4 is 16.1 Å². The molecule has 2 heteroatoms. The Morgan fingerprint density at radius 3 is 1.50 bits per heavy atom. The summed E-state index contributed by atoms with van der Waals surface area (Å²) >= 11 is 0. The Kier molecular flexibility index (Phi) is 8.64. The zero-order chi connectivity index (χ0) is 14.1. The van der Waals surface area contributed by atoms with Gasteiger partial charge in [0.1, 0.15) is 8.07 Å². The van der Waals surface area contributed by atoms with Crippen molar-refractivity contribution in [1.29, 1.82) is 0 Å². The van der Waals surface area contributed by atoms with Crippen molar-refractivity contribution in [3.05, 3.63) is 11.8 Å². The van der Waals surface area contributed by atoms with Gasteiger partial charge in [0, 0.05) is 0 Å². The van der Waals surface area contributed by atoms with Crippen molar-refractivity contribution in [1.82, 2.24) is 0 Å². The molecule has 0 aromatic carbocycles. The lowest BCUT2D eigenvalue weighted by Crippen LogP contribution is -2.29. The van der Waals surface area contributed by atoms with E-state index in [4.69, 9.17) is 0 Å². The molecule has 0 spiro atoms. The van der Waals surface area contributed by atoms with E-state index in [1.54, 1.807) is 0 Å². The van der Waals surface area contributed by atoms with E-state index >= 15 is 0 Å². The van der Waals surface area contributed by atoms with Crippen molar-refractivity contribution in [3.63, 3.8) is 0 Å².